The van der Waals surface area contributed by atoms with Crippen LogP contribution in [0, 0.1) is 17.3 Å². The van der Waals surface area contributed by atoms with Gasteiger partial charge in [-0.3, -0.25) is 0 Å². The van der Waals surface area contributed by atoms with Gasteiger partial charge in [0, 0.05) is 23.5 Å². The highest BCUT2D eigenvalue weighted by Crippen LogP contribution is 2.48. The molecule has 6 nitrogen and oxygen atoms in total. The number of nitrogens with zero attached hydrogens (tertiary/aromatic N) is 4. The fourth-order valence-corrected chi connectivity index (χ4v) is 5.01. The lowest BCUT2D eigenvalue weighted by Gasteiger charge is -2.39. The zero-order valence-electron chi connectivity index (χ0n) is 18.6. The van der Waals surface area contributed by atoms with Gasteiger partial charge in [0.05, 0.1) is 11.1 Å². The van der Waals surface area contributed by atoms with Crippen molar-refractivity contribution in [2.24, 2.45) is 0 Å². The summed E-state index contributed by atoms with van der Waals surface area (Å²) in [5.41, 5.74) is 2.11. The highest BCUT2D eigenvalue weighted by atomic mass is 28.4. The van der Waals surface area contributed by atoms with Gasteiger partial charge in [0.25, 0.3) is 5.88 Å². The zero-order valence-corrected chi connectivity index (χ0v) is 19.6. The first-order valence-electron chi connectivity index (χ1n) is 10.4. The van der Waals surface area contributed by atoms with Gasteiger partial charge in [0.15, 0.2) is 8.32 Å². The number of pyridine rings is 2. The maximum atomic E-state index is 13.3. The van der Waals surface area contributed by atoms with Gasteiger partial charge in [-0.25, -0.2) is 9.50 Å². The van der Waals surface area contributed by atoms with Crippen molar-refractivity contribution in [1.82, 2.24) is 14.6 Å². The number of hydrogen-bond acceptors (Lipinski definition) is 5. The molecule has 0 spiro atoms. The second-order valence-corrected chi connectivity index (χ2v) is 14.4. The highest BCUT2D eigenvalue weighted by Gasteiger charge is 2.52. The Balaban J connectivity index is 1.63. The Labute approximate surface area is 182 Å². The number of fused-ring (bicyclic) bond motifs is 1. The molecule has 0 aromatic carbocycles. The van der Waals surface area contributed by atoms with Crippen LogP contribution in [0.1, 0.15) is 39.2 Å². The summed E-state index contributed by atoms with van der Waals surface area (Å²) >= 11 is 0. The van der Waals surface area contributed by atoms with Gasteiger partial charge in [0.1, 0.15) is 18.2 Å². The van der Waals surface area contributed by atoms with Crippen LogP contribution >= 0.6 is 0 Å². The smallest absolute Gasteiger partial charge is 0.252 e. The number of aromatic nitrogens is 3. The van der Waals surface area contributed by atoms with E-state index in [4.69, 9.17) is 9.16 Å². The van der Waals surface area contributed by atoms with E-state index in [0.29, 0.717) is 23.3 Å². The lowest BCUT2D eigenvalue weighted by Crippen LogP contribution is -2.46. The maximum absolute atomic E-state index is 13.3. The molecular weight excluding hydrogens is 411 g/mol. The minimum absolute atomic E-state index is 0.113. The number of ether oxygens (including phenoxy) is 1. The molecule has 0 unspecified atom stereocenters. The predicted octanol–water partition coefficient (Wildman–Crippen LogP) is 5.34. The first kappa shape index (κ1) is 21.5. The third-order valence-electron chi connectivity index (χ3n) is 6.33. The largest absolute Gasteiger partial charge is 0.473 e. The van der Waals surface area contributed by atoms with E-state index in [1.165, 1.54) is 12.3 Å². The van der Waals surface area contributed by atoms with Crippen molar-refractivity contribution in [2.75, 3.05) is 6.61 Å². The van der Waals surface area contributed by atoms with Crippen molar-refractivity contribution in [2.45, 2.75) is 57.3 Å². The first-order valence-corrected chi connectivity index (χ1v) is 13.3. The van der Waals surface area contributed by atoms with Crippen LogP contribution in [0.25, 0.3) is 16.6 Å². The molecule has 162 valence electrons. The molecule has 0 saturated heterocycles. The molecule has 3 aromatic rings. The SMILES string of the molecule is CC(C)(C)[Si](C)(C)OC1(COc2nn3cccc(-c4ccc(F)nc4)c3c2C#N)CC1. The number of rotatable bonds is 6. The lowest BCUT2D eigenvalue weighted by atomic mass is 10.1. The van der Waals surface area contributed by atoms with E-state index in [9.17, 15) is 9.65 Å². The standard InChI is InChI=1S/C23H27FN4O2Si/c1-22(2,3)31(4,5)30-23(10-11-23)15-29-21-18(13-25)20-17(7-6-12-28(20)27-21)16-8-9-19(24)26-14-16/h6-9,12,14H,10-11,15H2,1-5H3. The van der Waals surface area contributed by atoms with E-state index in [0.717, 1.165) is 18.4 Å². The minimum Gasteiger partial charge on any atom is -0.473 e. The molecule has 0 bridgehead atoms. The molecule has 31 heavy (non-hydrogen) atoms. The van der Waals surface area contributed by atoms with Crippen molar-refractivity contribution in [1.29, 1.82) is 5.26 Å². The van der Waals surface area contributed by atoms with Gasteiger partial charge < -0.3 is 9.16 Å². The van der Waals surface area contributed by atoms with Crippen LogP contribution in [-0.4, -0.2) is 35.1 Å². The fourth-order valence-electron chi connectivity index (χ4n) is 3.36. The highest BCUT2D eigenvalue weighted by molar-refractivity contribution is 6.74. The average Bonchev–Trinajstić information content (AvgIpc) is 3.35. The molecule has 1 fully saturated rings. The van der Waals surface area contributed by atoms with Gasteiger partial charge in [-0.1, -0.05) is 26.8 Å². The van der Waals surface area contributed by atoms with E-state index in [2.05, 4.69) is 50.0 Å². The molecule has 0 amide bonds. The molecule has 4 rings (SSSR count). The third-order valence-corrected chi connectivity index (χ3v) is 10.9. The molecule has 0 atom stereocenters. The Bertz CT molecular complexity index is 1160. The zero-order chi connectivity index (χ0) is 22.4. The molecule has 3 heterocycles. The fraction of sp³-hybridized carbons (Fsp3) is 0.435. The maximum Gasteiger partial charge on any atom is 0.252 e. The first-order chi connectivity index (χ1) is 14.6. The Morgan fingerprint density at radius 3 is 2.58 bits per heavy atom. The van der Waals surface area contributed by atoms with E-state index in [1.54, 1.807) is 16.8 Å². The van der Waals surface area contributed by atoms with Crippen LogP contribution in [-0.2, 0) is 4.43 Å². The van der Waals surface area contributed by atoms with E-state index in [1.807, 2.05) is 12.1 Å². The van der Waals surface area contributed by atoms with Crippen LogP contribution in [0.15, 0.2) is 36.7 Å². The Kier molecular flexibility index (Phi) is 5.14. The van der Waals surface area contributed by atoms with Gasteiger partial charge in [-0.15, -0.1) is 5.10 Å². The monoisotopic (exact) mass is 438 g/mol. The molecule has 0 aliphatic heterocycles. The minimum atomic E-state index is -1.94. The number of halogens is 1. The van der Waals surface area contributed by atoms with Gasteiger partial charge in [-0.05, 0) is 49.2 Å². The van der Waals surface area contributed by atoms with Crippen molar-refractivity contribution in [3.63, 3.8) is 0 Å². The second kappa shape index (κ2) is 7.43. The van der Waals surface area contributed by atoms with Crippen LogP contribution < -0.4 is 4.74 Å². The molecule has 1 aliphatic carbocycles. The average molecular weight is 439 g/mol. The molecule has 0 N–H and O–H groups in total. The Morgan fingerprint density at radius 1 is 1.26 bits per heavy atom. The van der Waals surface area contributed by atoms with Gasteiger partial charge >= 0.3 is 0 Å². The normalized spacial score (nSPS) is 15.6. The van der Waals surface area contributed by atoms with Crippen LogP contribution in [0.2, 0.25) is 18.1 Å². The second-order valence-electron chi connectivity index (χ2n) is 9.71. The van der Waals surface area contributed by atoms with Gasteiger partial charge in [-0.2, -0.15) is 9.65 Å². The van der Waals surface area contributed by atoms with Crippen molar-refractivity contribution >= 4 is 13.8 Å². The van der Waals surface area contributed by atoms with Gasteiger partial charge in [0.2, 0.25) is 5.95 Å². The summed E-state index contributed by atoms with van der Waals surface area (Å²) in [6.45, 7) is 11.5. The van der Waals surface area contributed by atoms with Crippen molar-refractivity contribution in [3.8, 4) is 23.1 Å². The molecule has 8 heteroatoms. The Hall–Kier alpha value is -2.76. The number of hydrogen-bond donors (Lipinski definition) is 0. The predicted molar refractivity (Wildman–Crippen MR) is 119 cm³/mol. The summed E-state index contributed by atoms with van der Waals surface area (Å²) < 4.78 is 27.6. The molecule has 3 aromatic heterocycles. The van der Waals surface area contributed by atoms with Crippen molar-refractivity contribution < 1.29 is 13.6 Å². The summed E-state index contributed by atoms with van der Waals surface area (Å²) in [4.78, 5) is 3.73. The van der Waals surface area contributed by atoms with E-state index >= 15 is 0 Å². The summed E-state index contributed by atoms with van der Waals surface area (Å²) in [5, 5.41) is 14.5. The van der Waals surface area contributed by atoms with Crippen LogP contribution in [0.5, 0.6) is 5.88 Å². The van der Waals surface area contributed by atoms with E-state index < -0.39 is 14.3 Å². The molecule has 1 aliphatic rings. The quantitative estimate of drug-likeness (QED) is 0.384. The van der Waals surface area contributed by atoms with E-state index in [-0.39, 0.29) is 16.5 Å². The molecular formula is C23H27FN4O2Si. The summed E-state index contributed by atoms with van der Waals surface area (Å²) in [5.74, 6) is -0.264. The van der Waals surface area contributed by atoms with Crippen molar-refractivity contribution in [3.05, 3.63) is 48.2 Å². The molecule has 0 radical (unpaired) electrons. The lowest BCUT2D eigenvalue weighted by molar-refractivity contribution is 0.0915. The summed E-state index contributed by atoms with van der Waals surface area (Å²) in [6.07, 6.45) is 5.11. The van der Waals surface area contributed by atoms with Crippen LogP contribution in [0.4, 0.5) is 4.39 Å². The van der Waals surface area contributed by atoms with Crippen LogP contribution in [0.3, 0.4) is 0 Å². The summed E-state index contributed by atoms with van der Waals surface area (Å²) in [6, 6.07) is 8.86. The Morgan fingerprint density at radius 2 is 2.00 bits per heavy atom. The topological polar surface area (TPSA) is 72.4 Å². The number of nitriles is 1. The third kappa shape index (κ3) is 4.08. The molecule has 1 saturated carbocycles. The summed E-state index contributed by atoms with van der Waals surface area (Å²) in [7, 11) is -1.94.